The van der Waals surface area contributed by atoms with Crippen LogP contribution >= 0.6 is 0 Å². The Bertz CT molecular complexity index is 992. The fourth-order valence-electron chi connectivity index (χ4n) is 1.92. The van der Waals surface area contributed by atoms with Gasteiger partial charge >= 0.3 is 29.6 Å². The number of hydrogen-bond acceptors (Lipinski definition) is 8. The van der Waals surface area contributed by atoms with Crippen molar-refractivity contribution in [3.05, 3.63) is 48.5 Å². The maximum Gasteiger partial charge on any atom is 1.00 e. The van der Waals surface area contributed by atoms with Gasteiger partial charge in [0.05, 0.1) is 16.3 Å². The van der Waals surface area contributed by atoms with Gasteiger partial charge in [0.25, 0.3) is 0 Å². The van der Waals surface area contributed by atoms with Crippen molar-refractivity contribution in [2.75, 3.05) is 17.8 Å². The molecule has 2 rings (SSSR count). The number of nitrogens with two attached hydrogens (primary N) is 1. The molecule has 0 saturated heterocycles. The average molecular weight is 406 g/mol. The van der Waals surface area contributed by atoms with Gasteiger partial charge in [0.15, 0.2) is 0 Å². The van der Waals surface area contributed by atoms with Crippen LogP contribution in [-0.2, 0) is 20.1 Å². The number of sulfonamides is 1. The van der Waals surface area contributed by atoms with Crippen LogP contribution in [-0.4, -0.2) is 34.3 Å². The van der Waals surface area contributed by atoms with E-state index >= 15 is 0 Å². The predicted octanol–water partition coefficient (Wildman–Crippen LogP) is -1.31. The van der Waals surface area contributed by atoms with Crippen molar-refractivity contribution < 1.29 is 50.9 Å². The molecule has 0 radical (unpaired) electrons. The van der Waals surface area contributed by atoms with Gasteiger partial charge in [-0.05, 0) is 42.5 Å². The molecular formula is C14H15N4NaO5S2. The average Bonchev–Trinajstić information content (AvgIpc) is 2.51. The van der Waals surface area contributed by atoms with Crippen molar-refractivity contribution in [2.24, 2.45) is 15.4 Å². The number of primary sulfonamides is 1. The zero-order valence-electron chi connectivity index (χ0n) is 14.1. The van der Waals surface area contributed by atoms with Crippen LogP contribution in [0.15, 0.2) is 63.7 Å². The molecule has 0 atom stereocenters. The molecule has 0 heterocycles. The molecule has 0 unspecified atom stereocenters. The Morgan fingerprint density at radius 1 is 1.00 bits per heavy atom. The van der Waals surface area contributed by atoms with Crippen LogP contribution < -0.4 is 39.6 Å². The summed E-state index contributed by atoms with van der Waals surface area (Å²) in [5.41, 5.74) is 1.29. The van der Waals surface area contributed by atoms with Crippen LogP contribution in [0.3, 0.4) is 0 Å². The van der Waals surface area contributed by atoms with E-state index in [9.17, 15) is 21.4 Å². The van der Waals surface area contributed by atoms with Crippen molar-refractivity contribution in [2.45, 2.75) is 4.90 Å². The van der Waals surface area contributed by atoms with Crippen molar-refractivity contribution in [3.8, 4) is 0 Å². The fraction of sp³-hybridized carbons (Fsp3) is 0.143. The summed E-state index contributed by atoms with van der Waals surface area (Å²) in [7, 11) is -6.71. The molecule has 2 aromatic rings. The summed E-state index contributed by atoms with van der Waals surface area (Å²) < 4.78 is 54.9. The van der Waals surface area contributed by atoms with Gasteiger partial charge < -0.3 is 9.45 Å². The van der Waals surface area contributed by atoms with E-state index in [0.717, 1.165) is 0 Å². The number of nitrogens with zero attached hydrogens (tertiary/aromatic N) is 3. The molecule has 0 aromatic heterocycles. The number of hydrogen-bond donors (Lipinski definition) is 1. The molecule has 9 nitrogen and oxygen atoms in total. The minimum absolute atomic E-state index is 0. The van der Waals surface area contributed by atoms with E-state index < -0.39 is 26.0 Å². The molecule has 26 heavy (non-hydrogen) atoms. The number of benzene rings is 2. The summed E-state index contributed by atoms with van der Waals surface area (Å²) in [4.78, 5) is 1.22. The van der Waals surface area contributed by atoms with Gasteiger partial charge in [0.2, 0.25) is 10.0 Å². The molecule has 134 valence electrons. The van der Waals surface area contributed by atoms with Gasteiger partial charge in [-0.3, -0.25) is 0 Å². The molecule has 0 spiro atoms. The van der Waals surface area contributed by atoms with E-state index in [2.05, 4.69) is 10.2 Å². The predicted molar refractivity (Wildman–Crippen MR) is 91.4 cm³/mol. The summed E-state index contributed by atoms with van der Waals surface area (Å²) in [5.74, 6) is -0.645. The van der Waals surface area contributed by atoms with Crippen LogP contribution in [0.4, 0.5) is 17.1 Å². The minimum Gasteiger partial charge on any atom is -0.747 e. The van der Waals surface area contributed by atoms with Gasteiger partial charge in [-0.2, -0.15) is 10.2 Å². The number of anilines is 1. The normalized spacial score (nSPS) is 12.0. The standard InChI is InChI=1S/C14H16N4O5S2.Na/c1-18(10-24(19,20)21)13-7-5-11(6-8-13)16-17-12-3-2-4-14(9-12)25(15,22)23;/h2-9H,10H2,1H3,(H2,15,22,23)(H,19,20,21);/q;+1/p-1. The number of rotatable bonds is 6. The molecule has 0 aliphatic heterocycles. The molecule has 12 heteroatoms. The summed E-state index contributed by atoms with van der Waals surface area (Å²) in [6.45, 7) is 0. The number of azo groups is 1. The SMILES string of the molecule is CN(CS(=O)(=O)[O-])c1ccc(N=Nc2cccc(S(N)(=O)=O)c2)cc1.[Na+]. The second kappa shape index (κ2) is 9.04. The first kappa shape index (κ1) is 22.7. The molecule has 0 aliphatic rings. The maximum absolute atomic E-state index is 11.3. The smallest absolute Gasteiger partial charge is 0.747 e. The van der Waals surface area contributed by atoms with Crippen LogP contribution in [0.5, 0.6) is 0 Å². The summed E-state index contributed by atoms with van der Waals surface area (Å²) in [5, 5.41) is 12.9. The minimum atomic E-state index is -4.37. The molecule has 2 aromatic carbocycles. The zero-order valence-corrected chi connectivity index (χ0v) is 17.7. The van der Waals surface area contributed by atoms with Crippen LogP contribution in [0.25, 0.3) is 0 Å². The third-order valence-electron chi connectivity index (χ3n) is 3.07. The molecule has 0 aliphatic carbocycles. The van der Waals surface area contributed by atoms with Crippen LogP contribution in [0.1, 0.15) is 0 Å². The van der Waals surface area contributed by atoms with Gasteiger partial charge in [0, 0.05) is 12.7 Å². The van der Waals surface area contributed by atoms with Gasteiger partial charge in [-0.25, -0.2) is 22.0 Å². The third-order valence-corrected chi connectivity index (χ3v) is 4.68. The summed E-state index contributed by atoms with van der Waals surface area (Å²) in [6.07, 6.45) is 0. The Labute approximate surface area is 174 Å². The van der Waals surface area contributed by atoms with Crippen molar-refractivity contribution in [3.63, 3.8) is 0 Å². The van der Waals surface area contributed by atoms with Crippen molar-refractivity contribution in [1.29, 1.82) is 0 Å². The maximum atomic E-state index is 11.3. The van der Waals surface area contributed by atoms with E-state index in [-0.39, 0.29) is 34.5 Å². The Hall–Kier alpha value is -1.34. The fourth-order valence-corrected chi connectivity index (χ4v) is 3.10. The Morgan fingerprint density at radius 2 is 1.58 bits per heavy atom. The molecule has 0 bridgehead atoms. The summed E-state index contributed by atoms with van der Waals surface area (Å²) >= 11 is 0. The van der Waals surface area contributed by atoms with Crippen molar-refractivity contribution >= 4 is 37.2 Å². The van der Waals surface area contributed by atoms with Crippen molar-refractivity contribution in [1.82, 2.24) is 0 Å². The first-order chi connectivity index (χ1) is 11.5. The molecule has 0 amide bonds. The molecular weight excluding hydrogens is 391 g/mol. The largest absolute Gasteiger partial charge is 1.00 e. The topological polar surface area (TPSA) is 145 Å². The van der Waals surface area contributed by atoms with E-state index in [1.165, 1.54) is 30.1 Å². The van der Waals surface area contributed by atoms with Gasteiger partial charge in [-0.15, -0.1) is 0 Å². The Morgan fingerprint density at radius 3 is 2.12 bits per heavy atom. The monoisotopic (exact) mass is 406 g/mol. The van der Waals surface area contributed by atoms with Gasteiger partial charge in [-0.1, -0.05) is 6.07 Å². The molecule has 0 fully saturated rings. The quantitative estimate of drug-likeness (QED) is 0.358. The first-order valence-electron chi connectivity index (χ1n) is 6.84. The second-order valence-corrected chi connectivity index (χ2v) is 8.08. The van der Waals surface area contributed by atoms with E-state index in [0.29, 0.717) is 17.1 Å². The Balaban J connectivity index is 0.00000338. The zero-order chi connectivity index (χ0) is 18.7. The van der Waals surface area contributed by atoms with E-state index in [1.807, 2.05) is 0 Å². The van der Waals surface area contributed by atoms with Crippen LogP contribution in [0.2, 0.25) is 0 Å². The molecule has 0 saturated carbocycles. The van der Waals surface area contributed by atoms with Gasteiger partial charge in [0.1, 0.15) is 16.0 Å². The second-order valence-electron chi connectivity index (χ2n) is 5.14. The molecule has 2 N–H and O–H groups in total. The third kappa shape index (κ3) is 7.11. The van der Waals surface area contributed by atoms with E-state index in [4.69, 9.17) is 5.14 Å². The Kier molecular flexibility index (Phi) is 7.89. The first-order valence-corrected chi connectivity index (χ1v) is 9.96. The van der Waals surface area contributed by atoms with Crippen LogP contribution in [0, 0.1) is 0 Å². The summed E-state index contributed by atoms with van der Waals surface area (Å²) in [6, 6.07) is 12.0. The van der Waals surface area contributed by atoms with E-state index in [1.54, 1.807) is 30.3 Å².